The van der Waals surface area contributed by atoms with Crippen molar-refractivity contribution in [2.24, 2.45) is 23.7 Å². The van der Waals surface area contributed by atoms with Gasteiger partial charge in [0.05, 0.1) is 42.7 Å². The number of ether oxygens (including phenoxy) is 2. The summed E-state index contributed by atoms with van der Waals surface area (Å²) in [5.74, 6) is -2.31. The van der Waals surface area contributed by atoms with Crippen molar-refractivity contribution in [3.8, 4) is 0 Å². The van der Waals surface area contributed by atoms with E-state index < -0.39 is 48.3 Å². The number of hydrogen-bond donors (Lipinski definition) is 4. The Bertz CT molecular complexity index is 1680. The number of methoxy groups -OCH3 is 2. The molecule has 0 aliphatic carbocycles. The predicted molar refractivity (Wildman–Crippen MR) is 237 cm³/mol. The second-order valence-electron chi connectivity index (χ2n) is 17.3. The fraction of sp³-hybridized carbons (Fsp3) is 0.630. The maximum absolute atomic E-state index is 14.4. The highest BCUT2D eigenvalue weighted by molar-refractivity contribution is 5.98. The van der Waals surface area contributed by atoms with Crippen LogP contribution in [-0.2, 0) is 39.9 Å². The molecular formula is C46H73N7O7. The van der Waals surface area contributed by atoms with Crippen LogP contribution in [0, 0.1) is 23.7 Å². The van der Waals surface area contributed by atoms with Crippen LogP contribution in [0.5, 0.6) is 0 Å². The lowest BCUT2D eigenvalue weighted by Crippen LogP contribution is -2.59. The molecule has 1 fully saturated rings. The summed E-state index contributed by atoms with van der Waals surface area (Å²) in [6.45, 7) is 14.1. The van der Waals surface area contributed by atoms with E-state index in [-0.39, 0.29) is 60.1 Å². The average molecular weight is 836 g/mol. The third kappa shape index (κ3) is 13.2. The first-order valence-electron chi connectivity index (χ1n) is 21.5. The van der Waals surface area contributed by atoms with Crippen molar-refractivity contribution in [1.82, 2.24) is 25.3 Å². The first-order valence-corrected chi connectivity index (χ1v) is 21.5. The standard InChI is InChI=1S/C46H73N7O7/c1-13-30(6)41(52(10)46(58)39(28(2)3)50-45(57)40(29(4)5)51(8)9)37(59-11)27-38(54)53-25-17-20-36(53)42(60-12)31(7)43(55)49-35(26-32-18-15-14-16-19-32)44(56)48-34-23-21-33(47)22-24-34/h14-16,18-19,21-24,28-31,35-37,39-42H,13,17,20,25-27,47H2,1-12H3,(H,48,56)(H,49,55)(H,50,57)/t30?,31-,35+,36+,37?,39+,40+,41?,42-/m1/s1. The molecule has 14 heteroatoms. The number of carbonyl (C=O) groups is 5. The number of rotatable bonds is 22. The predicted octanol–water partition coefficient (Wildman–Crippen LogP) is 4.58. The van der Waals surface area contributed by atoms with Gasteiger partial charge in [-0.3, -0.25) is 28.9 Å². The Labute approximate surface area is 358 Å². The Balaban J connectivity index is 1.81. The van der Waals surface area contributed by atoms with E-state index in [1.165, 1.54) is 7.11 Å². The van der Waals surface area contributed by atoms with Crippen LogP contribution in [0.25, 0.3) is 0 Å². The number of amides is 5. The number of nitrogens with one attached hydrogen (secondary N) is 3. The zero-order valence-electron chi connectivity index (χ0n) is 38.1. The maximum Gasteiger partial charge on any atom is 0.247 e. The average Bonchev–Trinajstić information content (AvgIpc) is 3.69. The Kier molecular flexibility index (Phi) is 19.5. The molecule has 334 valence electrons. The number of anilines is 2. The summed E-state index contributed by atoms with van der Waals surface area (Å²) in [4.78, 5) is 75.1. The van der Waals surface area contributed by atoms with Crippen molar-refractivity contribution in [2.75, 3.05) is 53.0 Å². The summed E-state index contributed by atoms with van der Waals surface area (Å²) in [6, 6.07) is 13.3. The number of carbonyl (C=O) groups excluding carboxylic acids is 5. The highest BCUT2D eigenvalue weighted by Crippen LogP contribution is 2.30. The van der Waals surface area contributed by atoms with E-state index in [0.29, 0.717) is 24.3 Å². The topological polar surface area (TPSA) is 176 Å². The van der Waals surface area contributed by atoms with E-state index in [1.54, 1.807) is 55.1 Å². The molecule has 2 aromatic rings. The van der Waals surface area contributed by atoms with Crippen LogP contribution in [0.15, 0.2) is 54.6 Å². The molecule has 9 atom stereocenters. The molecule has 14 nitrogen and oxygen atoms in total. The number of likely N-dealkylation sites (N-methyl/N-ethyl adjacent to an activating group) is 2. The summed E-state index contributed by atoms with van der Waals surface area (Å²) >= 11 is 0. The minimum Gasteiger partial charge on any atom is -0.399 e. The summed E-state index contributed by atoms with van der Waals surface area (Å²) < 4.78 is 12.1. The molecule has 0 saturated carbocycles. The molecule has 0 radical (unpaired) electrons. The molecule has 60 heavy (non-hydrogen) atoms. The van der Waals surface area contributed by atoms with Gasteiger partial charge in [-0.05, 0) is 74.5 Å². The fourth-order valence-electron chi connectivity index (χ4n) is 8.57. The minimum absolute atomic E-state index is 0.00411. The van der Waals surface area contributed by atoms with Crippen LogP contribution < -0.4 is 21.7 Å². The van der Waals surface area contributed by atoms with Crippen molar-refractivity contribution in [3.05, 3.63) is 60.2 Å². The molecule has 1 aliphatic heterocycles. The molecule has 1 heterocycles. The molecule has 3 rings (SSSR count). The molecule has 0 bridgehead atoms. The first kappa shape index (κ1) is 49.8. The summed E-state index contributed by atoms with van der Waals surface area (Å²) in [7, 11) is 8.52. The van der Waals surface area contributed by atoms with Gasteiger partial charge in [0.2, 0.25) is 29.5 Å². The summed E-state index contributed by atoms with van der Waals surface area (Å²) in [5, 5.41) is 8.91. The molecule has 5 N–H and O–H groups in total. The quantitative estimate of drug-likeness (QED) is 0.124. The van der Waals surface area contributed by atoms with Gasteiger partial charge in [0.25, 0.3) is 0 Å². The number of likely N-dealkylation sites (tertiary alicyclic amines) is 1. The smallest absolute Gasteiger partial charge is 0.247 e. The van der Waals surface area contributed by atoms with Gasteiger partial charge in [-0.2, -0.15) is 0 Å². The molecule has 5 amide bonds. The van der Waals surface area contributed by atoms with Crippen molar-refractivity contribution in [2.45, 2.75) is 123 Å². The molecular weight excluding hydrogens is 763 g/mol. The van der Waals surface area contributed by atoms with Gasteiger partial charge >= 0.3 is 0 Å². The minimum atomic E-state index is -0.897. The van der Waals surface area contributed by atoms with E-state index >= 15 is 0 Å². The molecule has 3 unspecified atom stereocenters. The lowest BCUT2D eigenvalue weighted by molar-refractivity contribution is -0.148. The number of nitrogens with two attached hydrogens (primary N) is 1. The van der Waals surface area contributed by atoms with Crippen LogP contribution in [0.4, 0.5) is 11.4 Å². The van der Waals surface area contributed by atoms with Crippen molar-refractivity contribution in [3.63, 3.8) is 0 Å². The molecule has 0 aromatic heterocycles. The van der Waals surface area contributed by atoms with Gasteiger partial charge in [0, 0.05) is 45.6 Å². The molecule has 1 saturated heterocycles. The Morgan fingerprint density at radius 3 is 2.00 bits per heavy atom. The Morgan fingerprint density at radius 2 is 1.47 bits per heavy atom. The van der Waals surface area contributed by atoms with Gasteiger partial charge < -0.3 is 41.0 Å². The number of nitrogens with zero attached hydrogens (tertiary/aromatic N) is 3. The highest BCUT2D eigenvalue weighted by atomic mass is 16.5. The third-order valence-corrected chi connectivity index (χ3v) is 12.0. The van der Waals surface area contributed by atoms with Crippen LogP contribution >= 0.6 is 0 Å². The van der Waals surface area contributed by atoms with Crippen LogP contribution in [-0.4, -0.2) is 129 Å². The van der Waals surface area contributed by atoms with E-state index in [1.807, 2.05) is 90.9 Å². The fourth-order valence-corrected chi connectivity index (χ4v) is 8.57. The molecule has 1 aliphatic rings. The maximum atomic E-state index is 14.4. The summed E-state index contributed by atoms with van der Waals surface area (Å²) in [6.07, 6.45) is 0.994. The van der Waals surface area contributed by atoms with Gasteiger partial charge in [0.1, 0.15) is 12.1 Å². The van der Waals surface area contributed by atoms with E-state index in [4.69, 9.17) is 15.2 Å². The number of hydrogen-bond acceptors (Lipinski definition) is 9. The number of benzene rings is 2. The number of nitrogen functional groups attached to an aromatic ring is 1. The highest BCUT2D eigenvalue weighted by Gasteiger charge is 2.43. The monoisotopic (exact) mass is 836 g/mol. The lowest BCUT2D eigenvalue weighted by atomic mass is 9.89. The first-order chi connectivity index (χ1) is 28.4. The van der Waals surface area contributed by atoms with E-state index in [9.17, 15) is 24.0 Å². The van der Waals surface area contributed by atoms with Crippen LogP contribution in [0.1, 0.15) is 79.7 Å². The Hall–Kier alpha value is -4.53. The SMILES string of the molecule is CCC(C)C(C(CC(=O)N1CCC[C@H]1[C@H](OC)[C@@H](C)C(=O)N[C@@H](Cc1ccccc1)C(=O)Nc1ccc(N)cc1)OC)N(C)C(=O)[C@@H](NC(=O)[C@H](C(C)C)N(C)C)C(C)C. The molecule has 0 spiro atoms. The van der Waals surface area contributed by atoms with E-state index in [2.05, 4.69) is 16.0 Å². The summed E-state index contributed by atoms with van der Waals surface area (Å²) in [5.41, 5.74) is 7.83. The Morgan fingerprint density at radius 1 is 0.833 bits per heavy atom. The second-order valence-corrected chi connectivity index (χ2v) is 17.3. The van der Waals surface area contributed by atoms with Gasteiger partial charge in [0.15, 0.2) is 0 Å². The zero-order chi connectivity index (χ0) is 44.8. The van der Waals surface area contributed by atoms with Gasteiger partial charge in [-0.1, -0.05) is 85.2 Å². The van der Waals surface area contributed by atoms with Gasteiger partial charge in [-0.25, -0.2) is 0 Å². The van der Waals surface area contributed by atoms with Crippen molar-refractivity contribution in [1.29, 1.82) is 0 Å². The normalized spacial score (nSPS) is 18.2. The van der Waals surface area contributed by atoms with Crippen molar-refractivity contribution >= 4 is 40.9 Å². The lowest BCUT2D eigenvalue weighted by Gasteiger charge is -2.41. The molecule has 2 aromatic carbocycles. The largest absolute Gasteiger partial charge is 0.399 e. The van der Waals surface area contributed by atoms with E-state index in [0.717, 1.165) is 18.4 Å². The van der Waals surface area contributed by atoms with Crippen LogP contribution in [0.3, 0.4) is 0 Å². The third-order valence-electron chi connectivity index (χ3n) is 12.0. The second kappa shape index (κ2) is 23.5. The zero-order valence-corrected chi connectivity index (χ0v) is 38.1. The van der Waals surface area contributed by atoms with Crippen LogP contribution in [0.2, 0.25) is 0 Å². The van der Waals surface area contributed by atoms with Crippen molar-refractivity contribution < 1.29 is 33.4 Å². The van der Waals surface area contributed by atoms with Gasteiger partial charge in [-0.15, -0.1) is 0 Å².